The molecule has 0 aromatic heterocycles. The van der Waals surface area contributed by atoms with Crippen molar-refractivity contribution in [1.29, 1.82) is 0 Å². The van der Waals surface area contributed by atoms with Crippen LogP contribution in [0, 0.1) is 0 Å². The second kappa shape index (κ2) is 4.51. The zero-order valence-electron chi connectivity index (χ0n) is 8.53. The summed E-state index contributed by atoms with van der Waals surface area (Å²) in [5.74, 6) is 0. The highest BCUT2D eigenvalue weighted by Gasteiger charge is 2.41. The van der Waals surface area contributed by atoms with Crippen LogP contribution in [-0.4, -0.2) is 6.18 Å². The zero-order valence-corrected chi connectivity index (χ0v) is 9.29. The van der Waals surface area contributed by atoms with Crippen LogP contribution in [0.1, 0.15) is 17.2 Å². The van der Waals surface area contributed by atoms with Crippen molar-refractivity contribution in [1.82, 2.24) is 0 Å². The third-order valence-corrected chi connectivity index (χ3v) is 2.49. The molecule has 4 N–H and O–H groups in total. The van der Waals surface area contributed by atoms with Gasteiger partial charge in [-0.2, -0.15) is 26.3 Å². The van der Waals surface area contributed by atoms with Gasteiger partial charge in [0, 0.05) is 5.56 Å². The number of anilines is 1. The van der Waals surface area contributed by atoms with E-state index in [4.69, 9.17) is 23.1 Å². The fourth-order valence-electron chi connectivity index (χ4n) is 1.24. The van der Waals surface area contributed by atoms with E-state index >= 15 is 0 Å². The van der Waals surface area contributed by atoms with Gasteiger partial charge in [0.15, 0.2) is 0 Å². The minimum atomic E-state index is -4.92. The lowest BCUT2D eigenvalue weighted by molar-refractivity contribution is -0.150. The Hall–Kier alpha value is -1.15. The Morgan fingerprint density at radius 2 is 1.56 bits per heavy atom. The maximum absolute atomic E-state index is 12.4. The van der Waals surface area contributed by atoms with Gasteiger partial charge in [-0.15, -0.1) is 0 Å². The van der Waals surface area contributed by atoms with Crippen molar-refractivity contribution < 1.29 is 26.3 Å². The van der Waals surface area contributed by atoms with Crippen molar-refractivity contribution in [2.24, 2.45) is 5.73 Å². The monoisotopic (exact) mass is 292 g/mol. The van der Waals surface area contributed by atoms with E-state index in [9.17, 15) is 26.3 Å². The molecule has 0 spiro atoms. The van der Waals surface area contributed by atoms with E-state index < -0.39 is 40.2 Å². The summed E-state index contributed by atoms with van der Waals surface area (Å²) in [6.45, 7) is 0. The van der Waals surface area contributed by atoms with Crippen LogP contribution in [0.25, 0.3) is 0 Å². The summed E-state index contributed by atoms with van der Waals surface area (Å²) in [4.78, 5) is 0. The molecule has 0 amide bonds. The topological polar surface area (TPSA) is 52.0 Å². The summed E-state index contributed by atoms with van der Waals surface area (Å²) >= 11 is 5.37. The van der Waals surface area contributed by atoms with Gasteiger partial charge in [-0.05, 0) is 12.1 Å². The van der Waals surface area contributed by atoms with Crippen molar-refractivity contribution in [2.45, 2.75) is 18.4 Å². The van der Waals surface area contributed by atoms with Gasteiger partial charge in [0.25, 0.3) is 0 Å². The van der Waals surface area contributed by atoms with Crippen molar-refractivity contribution in [2.75, 3.05) is 5.73 Å². The Morgan fingerprint density at radius 1 is 1.06 bits per heavy atom. The highest BCUT2D eigenvalue weighted by atomic mass is 35.5. The second-order valence-corrected chi connectivity index (χ2v) is 3.89. The Morgan fingerprint density at radius 3 is 1.94 bits per heavy atom. The molecule has 0 heterocycles. The average Bonchev–Trinajstić information content (AvgIpc) is 2.17. The molecule has 1 atom stereocenters. The van der Waals surface area contributed by atoms with Gasteiger partial charge in [-0.25, -0.2) is 0 Å². The third-order valence-electron chi connectivity index (χ3n) is 2.18. The van der Waals surface area contributed by atoms with Gasteiger partial charge in [-0.1, -0.05) is 11.6 Å². The van der Waals surface area contributed by atoms with Crippen LogP contribution in [0.2, 0.25) is 5.02 Å². The number of hydrogen-bond donors (Lipinski definition) is 2. The van der Waals surface area contributed by atoms with Crippen LogP contribution in [0.5, 0.6) is 0 Å². The highest BCUT2D eigenvalue weighted by Crippen LogP contribution is 2.40. The fourth-order valence-corrected chi connectivity index (χ4v) is 1.46. The molecule has 0 aliphatic heterocycles. The maximum Gasteiger partial charge on any atom is 0.416 e. The molecule has 102 valence electrons. The molecule has 0 saturated heterocycles. The lowest BCUT2D eigenvalue weighted by Gasteiger charge is -2.20. The molecule has 18 heavy (non-hydrogen) atoms. The molecule has 0 saturated carbocycles. The molecule has 1 aromatic rings. The van der Waals surface area contributed by atoms with Gasteiger partial charge in [0.1, 0.15) is 6.04 Å². The summed E-state index contributed by atoms with van der Waals surface area (Å²) in [6.07, 6.45) is -9.75. The summed E-state index contributed by atoms with van der Waals surface area (Å²) < 4.78 is 74.4. The predicted molar refractivity (Wildman–Crippen MR) is 53.8 cm³/mol. The van der Waals surface area contributed by atoms with Crippen LogP contribution in [0.15, 0.2) is 12.1 Å². The average molecular weight is 293 g/mol. The Bertz CT molecular complexity index is 454. The SMILES string of the molecule is Nc1c(Cl)cc(C(F)(F)F)cc1[C@@H](N)C(F)(F)F. The molecule has 9 heteroatoms. The Balaban J connectivity index is 3.41. The number of halogens is 7. The maximum atomic E-state index is 12.4. The zero-order chi connectivity index (χ0) is 14.3. The van der Waals surface area contributed by atoms with E-state index in [-0.39, 0.29) is 6.07 Å². The van der Waals surface area contributed by atoms with Crippen LogP contribution in [0.4, 0.5) is 32.0 Å². The number of alkyl halides is 6. The van der Waals surface area contributed by atoms with Gasteiger partial charge < -0.3 is 11.5 Å². The first-order valence-corrected chi connectivity index (χ1v) is 4.80. The minimum Gasteiger partial charge on any atom is -0.397 e. The van der Waals surface area contributed by atoms with Crippen LogP contribution in [-0.2, 0) is 6.18 Å². The quantitative estimate of drug-likeness (QED) is 0.615. The highest BCUT2D eigenvalue weighted by molar-refractivity contribution is 6.33. The van der Waals surface area contributed by atoms with Crippen molar-refractivity contribution in [3.8, 4) is 0 Å². The molecule has 0 unspecified atom stereocenters. The predicted octanol–water partition coefficient (Wildman–Crippen LogP) is 3.50. The first-order chi connectivity index (χ1) is 7.94. The molecule has 0 bridgehead atoms. The van der Waals surface area contributed by atoms with E-state index in [1.165, 1.54) is 0 Å². The molecule has 0 radical (unpaired) electrons. The largest absolute Gasteiger partial charge is 0.416 e. The van der Waals surface area contributed by atoms with Crippen molar-refractivity contribution in [3.63, 3.8) is 0 Å². The summed E-state index contributed by atoms with van der Waals surface area (Å²) in [7, 11) is 0. The molecule has 2 nitrogen and oxygen atoms in total. The van der Waals surface area contributed by atoms with Crippen LogP contribution >= 0.6 is 11.6 Å². The van der Waals surface area contributed by atoms with E-state index in [2.05, 4.69) is 0 Å². The lowest BCUT2D eigenvalue weighted by Crippen LogP contribution is -2.29. The van der Waals surface area contributed by atoms with E-state index in [1.807, 2.05) is 0 Å². The number of nitrogen functional groups attached to an aromatic ring is 1. The van der Waals surface area contributed by atoms with Gasteiger partial charge in [0.05, 0.1) is 16.3 Å². The minimum absolute atomic E-state index is 0.249. The smallest absolute Gasteiger partial charge is 0.397 e. The number of nitrogens with two attached hydrogens (primary N) is 2. The van der Waals surface area contributed by atoms with Crippen LogP contribution in [0.3, 0.4) is 0 Å². The molecular weight excluding hydrogens is 286 g/mol. The Kier molecular flexibility index (Phi) is 3.73. The Labute approximate surface area is 103 Å². The molecule has 0 fully saturated rings. The van der Waals surface area contributed by atoms with E-state index in [1.54, 1.807) is 0 Å². The van der Waals surface area contributed by atoms with Gasteiger partial charge in [-0.3, -0.25) is 0 Å². The number of benzene rings is 1. The first kappa shape index (κ1) is 14.9. The summed E-state index contributed by atoms with van der Waals surface area (Å²) in [5.41, 5.74) is 7.18. The lowest BCUT2D eigenvalue weighted by atomic mass is 10.0. The van der Waals surface area contributed by atoms with Crippen LogP contribution < -0.4 is 11.5 Å². The summed E-state index contributed by atoms with van der Waals surface area (Å²) in [5, 5.41) is -0.625. The second-order valence-electron chi connectivity index (χ2n) is 3.48. The fraction of sp³-hybridized carbons (Fsp3) is 0.333. The van der Waals surface area contributed by atoms with E-state index in [0.29, 0.717) is 6.07 Å². The van der Waals surface area contributed by atoms with Gasteiger partial charge >= 0.3 is 12.4 Å². The normalized spacial score (nSPS) is 14.7. The third kappa shape index (κ3) is 2.99. The number of hydrogen-bond acceptors (Lipinski definition) is 2. The molecule has 0 aliphatic carbocycles. The summed E-state index contributed by atoms with van der Waals surface area (Å²) in [6, 6.07) is -1.93. The van der Waals surface area contributed by atoms with Gasteiger partial charge in [0.2, 0.25) is 0 Å². The molecule has 1 aromatic carbocycles. The van der Waals surface area contributed by atoms with Crippen molar-refractivity contribution >= 4 is 17.3 Å². The standard InChI is InChI=1S/C9H7ClF6N2/c10-5-2-3(8(11,12)13)1-4(6(5)17)7(18)9(14,15)16/h1-2,7H,17-18H2/t7-/m1/s1. The first-order valence-electron chi connectivity index (χ1n) is 4.43. The number of rotatable bonds is 1. The molecule has 0 aliphatic rings. The van der Waals surface area contributed by atoms with Crippen molar-refractivity contribution in [3.05, 3.63) is 28.3 Å². The molecular formula is C9H7ClF6N2. The van der Waals surface area contributed by atoms with E-state index in [0.717, 1.165) is 0 Å². The molecule has 1 rings (SSSR count).